The molecule has 0 fully saturated rings. The zero-order valence-corrected chi connectivity index (χ0v) is 15.2. The van der Waals surface area contributed by atoms with Crippen molar-refractivity contribution in [1.82, 2.24) is 14.5 Å². The summed E-state index contributed by atoms with van der Waals surface area (Å²) in [4.78, 5) is 24.6. The number of hydrogen-bond acceptors (Lipinski definition) is 5. The molecule has 2 aromatic heterocycles. The minimum atomic E-state index is -0.409. The molecule has 7 nitrogen and oxygen atoms in total. The van der Waals surface area contributed by atoms with Gasteiger partial charge < -0.3 is 0 Å². The Kier molecular flexibility index (Phi) is 4.42. The molecule has 27 heavy (non-hydrogen) atoms. The SMILES string of the molecule is CCc1ccc(NC2=[NH+][C@H](c3cccnc3)n3c(nc(C)cc3=O)N2)cc1. The van der Waals surface area contributed by atoms with Crippen molar-refractivity contribution in [3.05, 3.63) is 82.0 Å². The predicted molar refractivity (Wildman–Crippen MR) is 105 cm³/mol. The Labute approximate surface area is 156 Å². The summed E-state index contributed by atoms with van der Waals surface area (Å²) in [6.45, 7) is 3.93. The third-order valence-corrected chi connectivity index (χ3v) is 4.49. The van der Waals surface area contributed by atoms with Crippen molar-refractivity contribution in [3.8, 4) is 0 Å². The van der Waals surface area contributed by atoms with Crippen molar-refractivity contribution in [3.63, 3.8) is 0 Å². The molecule has 0 aliphatic carbocycles. The summed E-state index contributed by atoms with van der Waals surface area (Å²) in [5.41, 5.74) is 3.62. The molecule has 1 aliphatic heterocycles. The van der Waals surface area contributed by atoms with Crippen LogP contribution in [-0.2, 0) is 6.42 Å². The van der Waals surface area contributed by atoms with E-state index in [0.717, 1.165) is 17.7 Å². The first-order valence-corrected chi connectivity index (χ1v) is 8.90. The van der Waals surface area contributed by atoms with Crippen LogP contribution in [0.3, 0.4) is 0 Å². The van der Waals surface area contributed by atoms with Crippen LogP contribution >= 0.6 is 0 Å². The third kappa shape index (κ3) is 3.44. The molecule has 1 aliphatic rings. The fraction of sp³-hybridized carbons (Fsp3) is 0.200. The first kappa shape index (κ1) is 17.0. The highest BCUT2D eigenvalue weighted by atomic mass is 16.1. The van der Waals surface area contributed by atoms with E-state index in [4.69, 9.17) is 0 Å². The molecule has 7 heteroatoms. The number of anilines is 2. The molecule has 3 aromatic rings. The lowest BCUT2D eigenvalue weighted by atomic mass is 10.1. The minimum absolute atomic E-state index is 0.127. The monoisotopic (exact) mass is 361 g/mol. The molecule has 0 unspecified atom stereocenters. The molecular formula is C20H21N6O+. The van der Waals surface area contributed by atoms with Crippen LogP contribution in [0.5, 0.6) is 0 Å². The van der Waals surface area contributed by atoms with Gasteiger partial charge in [0.15, 0.2) is 6.17 Å². The van der Waals surface area contributed by atoms with Crippen LogP contribution in [0.2, 0.25) is 0 Å². The normalized spacial score (nSPS) is 15.5. The third-order valence-electron chi connectivity index (χ3n) is 4.49. The summed E-state index contributed by atoms with van der Waals surface area (Å²) in [6.07, 6.45) is 4.04. The molecule has 3 heterocycles. The number of rotatable bonds is 3. The predicted octanol–water partition coefficient (Wildman–Crippen LogP) is 1.03. The number of nitrogens with one attached hydrogen (secondary N) is 3. The Balaban J connectivity index is 1.74. The van der Waals surface area contributed by atoms with E-state index in [1.54, 1.807) is 17.0 Å². The Morgan fingerprint density at radius 2 is 2.07 bits per heavy atom. The molecule has 1 aromatic carbocycles. The van der Waals surface area contributed by atoms with E-state index in [1.807, 2.05) is 31.2 Å². The van der Waals surface area contributed by atoms with Crippen LogP contribution in [0.25, 0.3) is 0 Å². The fourth-order valence-corrected chi connectivity index (χ4v) is 3.10. The smallest absolute Gasteiger partial charge is 0.269 e. The van der Waals surface area contributed by atoms with Gasteiger partial charge in [-0.15, -0.1) is 0 Å². The van der Waals surface area contributed by atoms with Crippen molar-refractivity contribution >= 4 is 17.6 Å². The van der Waals surface area contributed by atoms with E-state index in [9.17, 15) is 4.79 Å². The van der Waals surface area contributed by atoms with Gasteiger partial charge in [0, 0.05) is 29.7 Å². The van der Waals surface area contributed by atoms with Crippen molar-refractivity contribution in [1.29, 1.82) is 0 Å². The summed E-state index contributed by atoms with van der Waals surface area (Å²) in [5, 5.41) is 6.51. The lowest BCUT2D eigenvalue weighted by molar-refractivity contribution is -0.520. The Morgan fingerprint density at radius 1 is 1.26 bits per heavy atom. The van der Waals surface area contributed by atoms with Gasteiger partial charge in [-0.3, -0.25) is 14.8 Å². The van der Waals surface area contributed by atoms with Crippen molar-refractivity contribution in [2.45, 2.75) is 26.4 Å². The first-order chi connectivity index (χ1) is 13.1. The van der Waals surface area contributed by atoms with Gasteiger partial charge >= 0.3 is 5.96 Å². The highest BCUT2D eigenvalue weighted by molar-refractivity contribution is 5.99. The largest absolute Gasteiger partial charge is 0.357 e. The molecule has 0 saturated carbocycles. The van der Waals surface area contributed by atoms with Crippen LogP contribution in [0.15, 0.2) is 59.7 Å². The van der Waals surface area contributed by atoms with Crippen molar-refractivity contribution < 1.29 is 4.99 Å². The Hall–Kier alpha value is -3.48. The van der Waals surface area contributed by atoms with Gasteiger partial charge in [-0.2, -0.15) is 0 Å². The summed E-state index contributed by atoms with van der Waals surface area (Å²) in [6, 6.07) is 13.5. The molecule has 0 amide bonds. The summed E-state index contributed by atoms with van der Waals surface area (Å²) >= 11 is 0. The lowest BCUT2D eigenvalue weighted by Gasteiger charge is -2.22. The number of fused-ring (bicyclic) bond motifs is 1. The van der Waals surface area contributed by atoms with Crippen LogP contribution in [0.1, 0.15) is 29.9 Å². The van der Waals surface area contributed by atoms with Gasteiger partial charge in [0.25, 0.3) is 11.5 Å². The average molecular weight is 361 g/mol. The molecule has 4 rings (SSSR count). The maximum Gasteiger partial charge on any atom is 0.357 e. The maximum atomic E-state index is 12.6. The number of pyridine rings is 1. The molecule has 0 radical (unpaired) electrons. The number of guanidine groups is 1. The van der Waals surface area contributed by atoms with Crippen LogP contribution < -0.4 is 21.2 Å². The van der Waals surface area contributed by atoms with E-state index in [1.165, 1.54) is 11.6 Å². The van der Waals surface area contributed by atoms with E-state index in [0.29, 0.717) is 17.6 Å². The van der Waals surface area contributed by atoms with Gasteiger partial charge in [0.05, 0.1) is 5.69 Å². The fourth-order valence-electron chi connectivity index (χ4n) is 3.10. The van der Waals surface area contributed by atoms with Gasteiger partial charge in [0.1, 0.15) is 0 Å². The van der Waals surface area contributed by atoms with Crippen molar-refractivity contribution in [2.24, 2.45) is 0 Å². The standard InChI is InChI=1S/C20H20N6O/c1-3-14-6-8-16(9-7-14)23-19-24-18(15-5-4-10-21-12-15)26-17(27)11-13(2)22-20(26)25-19/h4-12,18H,3H2,1-2H3,(H2,22,23,24,25)/p+1/t18-/m0/s1. The van der Waals surface area contributed by atoms with Crippen LogP contribution in [0.4, 0.5) is 11.6 Å². The number of aromatic nitrogens is 3. The van der Waals surface area contributed by atoms with Crippen LogP contribution in [-0.4, -0.2) is 20.5 Å². The summed E-state index contributed by atoms with van der Waals surface area (Å²) < 4.78 is 1.59. The molecule has 3 N–H and O–H groups in total. The minimum Gasteiger partial charge on any atom is -0.269 e. The number of hydrogen-bond donors (Lipinski definition) is 3. The number of aryl methyl sites for hydroxylation is 2. The second kappa shape index (κ2) is 7.03. The zero-order chi connectivity index (χ0) is 18.8. The van der Waals surface area contributed by atoms with E-state index >= 15 is 0 Å². The Morgan fingerprint density at radius 3 is 2.78 bits per heavy atom. The summed E-state index contributed by atoms with van der Waals surface area (Å²) in [5.74, 6) is 1.14. The average Bonchev–Trinajstić information content (AvgIpc) is 2.68. The van der Waals surface area contributed by atoms with E-state index in [-0.39, 0.29) is 5.56 Å². The van der Waals surface area contributed by atoms with E-state index in [2.05, 4.69) is 44.7 Å². The number of benzene rings is 1. The van der Waals surface area contributed by atoms with Gasteiger partial charge in [-0.25, -0.2) is 20.2 Å². The first-order valence-electron chi connectivity index (χ1n) is 8.90. The van der Waals surface area contributed by atoms with E-state index < -0.39 is 6.17 Å². The maximum absolute atomic E-state index is 12.6. The second-order valence-corrected chi connectivity index (χ2v) is 6.44. The molecule has 0 bridgehead atoms. The molecular weight excluding hydrogens is 340 g/mol. The summed E-state index contributed by atoms with van der Waals surface area (Å²) in [7, 11) is 0. The zero-order valence-electron chi connectivity index (χ0n) is 15.2. The van der Waals surface area contributed by atoms with Gasteiger partial charge in [-0.1, -0.05) is 25.1 Å². The number of nitrogens with zero attached hydrogens (tertiary/aromatic N) is 3. The highest BCUT2D eigenvalue weighted by Gasteiger charge is 2.29. The van der Waals surface area contributed by atoms with Gasteiger partial charge in [-0.05, 0) is 37.1 Å². The van der Waals surface area contributed by atoms with Gasteiger partial charge in [0.2, 0.25) is 0 Å². The Bertz CT molecular complexity index is 1040. The second-order valence-electron chi connectivity index (χ2n) is 6.44. The quantitative estimate of drug-likeness (QED) is 0.649. The lowest BCUT2D eigenvalue weighted by Crippen LogP contribution is -2.82. The molecule has 136 valence electrons. The molecule has 0 saturated heterocycles. The molecule has 0 spiro atoms. The highest BCUT2D eigenvalue weighted by Crippen LogP contribution is 2.16. The van der Waals surface area contributed by atoms with Crippen molar-refractivity contribution in [2.75, 3.05) is 10.6 Å². The topological polar surface area (TPSA) is 85.8 Å². The molecule has 1 atom stereocenters. The van der Waals surface area contributed by atoms with Crippen LogP contribution in [0, 0.1) is 6.92 Å².